The van der Waals surface area contributed by atoms with E-state index in [2.05, 4.69) is 4.52 Å². The maximum atomic E-state index is 11.6. The Balaban J connectivity index is 0.00000242. The molecule has 0 aliphatic carbocycles. The minimum absolute atomic E-state index is 0. The zero-order valence-electron chi connectivity index (χ0n) is 12.4. The van der Waals surface area contributed by atoms with Gasteiger partial charge in [-0.1, -0.05) is 0 Å². The molecule has 1 aromatic rings. The van der Waals surface area contributed by atoms with Crippen LogP contribution in [0.2, 0.25) is 0 Å². The fraction of sp³-hybridized carbons (Fsp3) is 0.556. The number of nitrogens with one attached hydrogen (secondary N) is 1. The maximum Gasteiger partial charge on any atom is 1.00 e. The Morgan fingerprint density at radius 1 is 1.26 bits per heavy atom. The molecule has 2 rings (SSSR count). The molecule has 14 heteroatoms. The Bertz CT molecular complexity index is 673. The number of phosphoric ester groups is 1. The fourth-order valence-electron chi connectivity index (χ4n) is 1.89. The van der Waals surface area contributed by atoms with Crippen molar-refractivity contribution in [2.45, 2.75) is 24.5 Å². The monoisotopic (exact) mass is 370 g/mol. The summed E-state index contributed by atoms with van der Waals surface area (Å²) in [7, 11) is -4.76. The number of aliphatic hydroxyl groups is 2. The van der Waals surface area contributed by atoms with Gasteiger partial charge in [-0.05, 0) is 0 Å². The van der Waals surface area contributed by atoms with Gasteiger partial charge in [-0.3, -0.25) is 18.9 Å². The van der Waals surface area contributed by atoms with Crippen LogP contribution in [0.3, 0.4) is 0 Å². The molecule has 1 saturated heterocycles. The number of hydrogen-bond acceptors (Lipinski definition) is 7. The van der Waals surface area contributed by atoms with Crippen LogP contribution >= 0.6 is 7.82 Å². The zero-order valence-corrected chi connectivity index (χ0v) is 17.3. The molecule has 0 spiro atoms. The van der Waals surface area contributed by atoms with E-state index in [-0.39, 0.29) is 59.1 Å². The van der Waals surface area contributed by atoms with E-state index >= 15 is 0 Å². The largest absolute Gasteiger partial charge is 1.00 e. The molecular weight excluding hydrogens is 357 g/mol. The third-order valence-electron chi connectivity index (χ3n) is 2.87. The van der Waals surface area contributed by atoms with E-state index in [0.717, 1.165) is 16.8 Å². The predicted molar refractivity (Wildman–Crippen MR) is 65.2 cm³/mol. The van der Waals surface area contributed by atoms with Crippen LogP contribution < -0.4 is 70.4 Å². The number of rotatable bonds is 4. The predicted octanol–water partition coefficient (Wildman–Crippen LogP) is -8.73. The Morgan fingerprint density at radius 2 is 1.87 bits per heavy atom. The first-order valence-electron chi connectivity index (χ1n) is 5.72. The van der Waals surface area contributed by atoms with Gasteiger partial charge in [-0.25, -0.2) is 9.36 Å². The number of aromatic nitrogens is 2. The third-order valence-corrected chi connectivity index (χ3v) is 3.35. The van der Waals surface area contributed by atoms with Gasteiger partial charge >= 0.3 is 72.6 Å². The molecule has 1 fully saturated rings. The van der Waals surface area contributed by atoms with E-state index in [1.165, 1.54) is 0 Å². The van der Waals surface area contributed by atoms with E-state index in [9.17, 15) is 24.4 Å². The molecule has 0 amide bonds. The van der Waals surface area contributed by atoms with Crippen molar-refractivity contribution in [3.8, 4) is 0 Å². The molecule has 23 heavy (non-hydrogen) atoms. The maximum absolute atomic E-state index is 11.6. The second-order valence-corrected chi connectivity index (χ2v) is 5.59. The minimum Gasteiger partial charge on any atom is -0.387 e. The second-order valence-electron chi connectivity index (χ2n) is 4.35. The van der Waals surface area contributed by atoms with Crippen molar-refractivity contribution in [2.24, 2.45) is 0 Å². The van der Waals surface area contributed by atoms with Gasteiger partial charge in [0.2, 0.25) is 0 Å². The Labute approximate surface area is 173 Å². The van der Waals surface area contributed by atoms with Gasteiger partial charge in [-0.15, -0.1) is 0 Å². The minimum atomic E-state index is -4.76. The molecule has 0 bridgehead atoms. The van der Waals surface area contributed by atoms with Gasteiger partial charge in [0, 0.05) is 12.3 Å². The van der Waals surface area contributed by atoms with Crippen molar-refractivity contribution in [1.82, 2.24) is 9.55 Å². The molecule has 0 radical (unpaired) electrons. The molecule has 2 heterocycles. The Kier molecular flexibility index (Phi) is 9.66. The van der Waals surface area contributed by atoms with Crippen LogP contribution in [-0.2, 0) is 13.8 Å². The van der Waals surface area contributed by atoms with Crippen molar-refractivity contribution < 1.29 is 92.9 Å². The first-order valence-corrected chi connectivity index (χ1v) is 7.25. The number of nitrogens with zero attached hydrogens (tertiary/aromatic N) is 1. The summed E-state index contributed by atoms with van der Waals surface area (Å²) in [5.41, 5.74) is -1.51. The van der Waals surface area contributed by atoms with Crippen molar-refractivity contribution >= 4 is 7.82 Å². The van der Waals surface area contributed by atoms with E-state index in [1.807, 2.05) is 4.98 Å². The smallest absolute Gasteiger partial charge is 0.387 e. The first kappa shape index (κ1) is 23.7. The average molecular weight is 370 g/mol. The van der Waals surface area contributed by atoms with Crippen molar-refractivity contribution in [3.63, 3.8) is 0 Å². The molecule has 5 N–H and O–H groups in total. The molecule has 4 atom stereocenters. The summed E-state index contributed by atoms with van der Waals surface area (Å²) < 4.78 is 20.8. The summed E-state index contributed by atoms with van der Waals surface area (Å²) in [6.45, 7) is -0.683. The van der Waals surface area contributed by atoms with Gasteiger partial charge < -0.3 is 24.7 Å². The topological polar surface area (TPSA) is 171 Å². The van der Waals surface area contributed by atoms with Crippen molar-refractivity contribution in [1.29, 1.82) is 0 Å². The van der Waals surface area contributed by atoms with Gasteiger partial charge in [0.05, 0.1) is 6.61 Å². The van der Waals surface area contributed by atoms with Gasteiger partial charge in [0.25, 0.3) is 5.56 Å². The quantitative estimate of drug-likeness (QED) is 0.255. The molecule has 0 unspecified atom stereocenters. The summed E-state index contributed by atoms with van der Waals surface area (Å²) in [5.74, 6) is 0. The van der Waals surface area contributed by atoms with Crippen LogP contribution in [0.25, 0.3) is 0 Å². The van der Waals surface area contributed by atoms with Crippen LogP contribution in [0.5, 0.6) is 0 Å². The van der Waals surface area contributed by atoms with Crippen LogP contribution in [0.15, 0.2) is 21.9 Å². The van der Waals surface area contributed by atoms with Crippen LogP contribution in [-0.4, -0.2) is 54.5 Å². The SMILES string of the molecule is O=c1ccn([C@@H]2O[C@H](COP(=O)(O)O)[C@@H](O)[C@H]2O)c(=O)[nH]1.[Na+].[Na+]. The summed E-state index contributed by atoms with van der Waals surface area (Å²) in [6, 6.07) is 1.02. The molecular formula is C9H13N2Na2O9P+2. The van der Waals surface area contributed by atoms with E-state index < -0.39 is 50.2 Å². The number of H-pyrrole nitrogens is 1. The summed E-state index contributed by atoms with van der Waals surface area (Å²) in [6.07, 6.45) is -4.58. The Morgan fingerprint density at radius 3 is 2.39 bits per heavy atom. The number of phosphoric acid groups is 1. The molecule has 1 aliphatic rings. The first-order chi connectivity index (χ1) is 9.69. The Hall–Kier alpha value is 0.670. The molecule has 11 nitrogen and oxygen atoms in total. The molecule has 118 valence electrons. The summed E-state index contributed by atoms with van der Waals surface area (Å²) in [5, 5.41) is 19.6. The van der Waals surface area contributed by atoms with Crippen LogP contribution in [0, 0.1) is 0 Å². The van der Waals surface area contributed by atoms with Gasteiger partial charge in [0.15, 0.2) is 6.23 Å². The van der Waals surface area contributed by atoms with E-state index in [1.54, 1.807) is 0 Å². The van der Waals surface area contributed by atoms with Crippen molar-refractivity contribution in [3.05, 3.63) is 33.1 Å². The van der Waals surface area contributed by atoms with E-state index in [0.29, 0.717) is 0 Å². The molecule has 1 aromatic heterocycles. The van der Waals surface area contributed by atoms with E-state index in [4.69, 9.17) is 14.5 Å². The average Bonchev–Trinajstić information content (AvgIpc) is 2.64. The summed E-state index contributed by atoms with van der Waals surface area (Å²) in [4.78, 5) is 41.6. The zero-order chi connectivity index (χ0) is 15.8. The van der Waals surface area contributed by atoms with Crippen LogP contribution in [0.4, 0.5) is 0 Å². The fourth-order valence-corrected chi connectivity index (χ4v) is 2.24. The number of aliphatic hydroxyl groups excluding tert-OH is 2. The van der Waals surface area contributed by atoms with Gasteiger partial charge in [-0.2, -0.15) is 0 Å². The molecule has 0 saturated carbocycles. The standard InChI is InChI=1S/C9H13N2O9P.2Na/c12-5-1-2-11(9(15)10-5)8-7(14)6(13)4(20-8)3-19-21(16,17)18;;/h1-2,4,6-8,13-14H,3H2,(H,10,12,15)(H2,16,17,18);;/q;2*+1/t4-,6-,7-,8-;;/m1../s1. The number of ether oxygens (including phenoxy) is 1. The van der Waals surface area contributed by atoms with Crippen LogP contribution in [0.1, 0.15) is 6.23 Å². The normalized spacial score (nSPS) is 27.1. The number of aromatic amines is 1. The second kappa shape index (κ2) is 9.39. The third kappa shape index (κ3) is 6.15. The molecule has 0 aromatic carbocycles. The van der Waals surface area contributed by atoms with Crippen molar-refractivity contribution in [2.75, 3.05) is 6.61 Å². The molecule has 1 aliphatic heterocycles. The summed E-state index contributed by atoms with van der Waals surface area (Å²) >= 11 is 0. The number of hydrogen-bond donors (Lipinski definition) is 5. The van der Waals surface area contributed by atoms with Gasteiger partial charge in [0.1, 0.15) is 18.3 Å².